The molecule has 0 bridgehead atoms. The van der Waals surface area contributed by atoms with Crippen LogP contribution in [-0.2, 0) is 6.54 Å². The van der Waals surface area contributed by atoms with Crippen molar-refractivity contribution in [2.24, 2.45) is 0 Å². The molecule has 2 rings (SSSR count). The van der Waals surface area contributed by atoms with Crippen molar-refractivity contribution in [1.82, 2.24) is 10.3 Å². The summed E-state index contributed by atoms with van der Waals surface area (Å²) in [5, 5.41) is 3.56. The van der Waals surface area contributed by atoms with Crippen LogP contribution in [0.25, 0.3) is 0 Å². The standard InChI is InChI=1S/C11H16N2.ClH/c1-2-6-11(5-1)13-9-10-4-3-7-12-8-10;/h3-4,7-8,11,13H,1-2,5-6,9H2;1H/p-1. The maximum atomic E-state index is 4.09. The van der Waals surface area contributed by atoms with Gasteiger partial charge in [0.25, 0.3) is 0 Å². The van der Waals surface area contributed by atoms with Crippen molar-refractivity contribution in [3.63, 3.8) is 0 Å². The summed E-state index contributed by atoms with van der Waals surface area (Å²) in [7, 11) is 0. The van der Waals surface area contributed by atoms with Crippen LogP contribution in [0.2, 0.25) is 0 Å². The lowest BCUT2D eigenvalue weighted by atomic mass is 10.2. The highest BCUT2D eigenvalue weighted by atomic mass is 35.5. The third-order valence-electron chi connectivity index (χ3n) is 2.67. The second-order valence-corrected chi connectivity index (χ2v) is 3.72. The molecule has 1 saturated carbocycles. The Morgan fingerprint density at radius 2 is 2.14 bits per heavy atom. The maximum absolute atomic E-state index is 4.09. The molecule has 0 spiro atoms. The predicted molar refractivity (Wildman–Crippen MR) is 53.3 cm³/mol. The normalized spacial score (nSPS) is 16.6. The molecule has 1 aromatic rings. The molecule has 1 fully saturated rings. The van der Waals surface area contributed by atoms with Crippen molar-refractivity contribution in [2.45, 2.75) is 38.3 Å². The summed E-state index contributed by atoms with van der Waals surface area (Å²) in [5.41, 5.74) is 1.29. The van der Waals surface area contributed by atoms with Crippen LogP contribution in [0.1, 0.15) is 31.2 Å². The zero-order valence-electron chi connectivity index (χ0n) is 8.25. The lowest BCUT2D eigenvalue weighted by Crippen LogP contribution is -3.00. The molecule has 0 unspecified atom stereocenters. The van der Waals surface area contributed by atoms with Gasteiger partial charge in [-0.3, -0.25) is 4.98 Å². The Morgan fingerprint density at radius 1 is 1.36 bits per heavy atom. The molecule has 1 N–H and O–H groups in total. The Labute approximate surface area is 91.5 Å². The van der Waals surface area contributed by atoms with Gasteiger partial charge >= 0.3 is 0 Å². The van der Waals surface area contributed by atoms with E-state index in [4.69, 9.17) is 0 Å². The summed E-state index contributed by atoms with van der Waals surface area (Å²) < 4.78 is 0. The van der Waals surface area contributed by atoms with Gasteiger partial charge in [-0.05, 0) is 24.5 Å². The lowest BCUT2D eigenvalue weighted by Gasteiger charge is -2.10. The summed E-state index contributed by atoms with van der Waals surface area (Å²) in [4.78, 5) is 4.09. The first-order chi connectivity index (χ1) is 6.45. The van der Waals surface area contributed by atoms with Crippen molar-refractivity contribution < 1.29 is 12.4 Å². The molecule has 0 radical (unpaired) electrons. The average molecular weight is 212 g/mol. The fourth-order valence-corrected chi connectivity index (χ4v) is 1.89. The van der Waals surface area contributed by atoms with E-state index in [9.17, 15) is 0 Å². The number of aromatic nitrogens is 1. The molecule has 1 aliphatic carbocycles. The molecule has 0 aliphatic heterocycles. The summed E-state index contributed by atoms with van der Waals surface area (Å²) in [6.45, 7) is 0.971. The quantitative estimate of drug-likeness (QED) is 0.703. The Hall–Kier alpha value is -0.600. The van der Waals surface area contributed by atoms with Crippen molar-refractivity contribution in [1.29, 1.82) is 0 Å². The van der Waals surface area contributed by atoms with Crippen molar-refractivity contribution in [3.8, 4) is 0 Å². The second kappa shape index (κ2) is 5.99. The fourth-order valence-electron chi connectivity index (χ4n) is 1.89. The van der Waals surface area contributed by atoms with E-state index in [0.717, 1.165) is 12.6 Å². The molecular formula is C11H16ClN2-. The molecule has 0 amide bonds. The fraction of sp³-hybridized carbons (Fsp3) is 0.545. The summed E-state index contributed by atoms with van der Waals surface area (Å²) in [5.74, 6) is 0. The molecule has 1 aliphatic rings. The van der Waals surface area contributed by atoms with E-state index >= 15 is 0 Å². The van der Waals surface area contributed by atoms with Gasteiger partial charge in [0.15, 0.2) is 0 Å². The van der Waals surface area contributed by atoms with Gasteiger partial charge in [0.1, 0.15) is 0 Å². The summed E-state index contributed by atoms with van der Waals surface area (Å²) in [6.07, 6.45) is 9.23. The summed E-state index contributed by atoms with van der Waals surface area (Å²) in [6, 6.07) is 4.86. The van der Waals surface area contributed by atoms with Crippen molar-refractivity contribution in [3.05, 3.63) is 30.1 Å². The third-order valence-corrected chi connectivity index (χ3v) is 2.67. The number of pyridine rings is 1. The van der Waals surface area contributed by atoms with Gasteiger partial charge < -0.3 is 17.7 Å². The molecule has 3 heteroatoms. The number of nitrogens with zero attached hydrogens (tertiary/aromatic N) is 1. The lowest BCUT2D eigenvalue weighted by molar-refractivity contribution is -0.00000283. The number of halogens is 1. The molecule has 0 atom stereocenters. The van der Waals surface area contributed by atoms with Gasteiger partial charge in [-0.15, -0.1) is 0 Å². The number of nitrogens with one attached hydrogen (secondary N) is 1. The topological polar surface area (TPSA) is 24.9 Å². The van der Waals surface area contributed by atoms with Crippen molar-refractivity contribution >= 4 is 0 Å². The van der Waals surface area contributed by atoms with Crippen LogP contribution in [0.3, 0.4) is 0 Å². The van der Waals surface area contributed by atoms with Gasteiger partial charge in [0, 0.05) is 25.0 Å². The largest absolute Gasteiger partial charge is 1.00 e. The van der Waals surface area contributed by atoms with E-state index in [1.807, 2.05) is 18.5 Å². The van der Waals surface area contributed by atoms with Gasteiger partial charge in [-0.2, -0.15) is 0 Å². The smallest absolute Gasteiger partial charge is 0.0312 e. The van der Waals surface area contributed by atoms with Gasteiger partial charge in [-0.1, -0.05) is 18.9 Å². The average Bonchev–Trinajstić information content (AvgIpc) is 2.69. The van der Waals surface area contributed by atoms with Crippen LogP contribution in [0.4, 0.5) is 0 Å². The van der Waals surface area contributed by atoms with E-state index in [1.54, 1.807) is 0 Å². The van der Waals surface area contributed by atoms with Gasteiger partial charge in [0.2, 0.25) is 0 Å². The molecule has 1 aromatic heterocycles. The Kier molecular flexibility index (Phi) is 4.91. The Bertz CT molecular complexity index is 245. The zero-order valence-corrected chi connectivity index (χ0v) is 9.00. The Balaban J connectivity index is 0.000000980. The van der Waals surface area contributed by atoms with Crippen LogP contribution >= 0.6 is 0 Å². The van der Waals surface area contributed by atoms with Gasteiger partial charge in [-0.25, -0.2) is 0 Å². The second-order valence-electron chi connectivity index (χ2n) is 3.72. The third kappa shape index (κ3) is 3.28. The molecule has 14 heavy (non-hydrogen) atoms. The zero-order chi connectivity index (χ0) is 8.93. The first-order valence-electron chi connectivity index (χ1n) is 5.07. The number of rotatable bonds is 3. The van der Waals surface area contributed by atoms with Crippen LogP contribution in [0.5, 0.6) is 0 Å². The molecule has 0 saturated heterocycles. The van der Waals surface area contributed by atoms with E-state index < -0.39 is 0 Å². The van der Waals surface area contributed by atoms with E-state index in [-0.39, 0.29) is 12.4 Å². The highest BCUT2D eigenvalue weighted by molar-refractivity contribution is 5.08. The molecule has 0 aromatic carbocycles. The SMILES string of the molecule is [Cl-].c1cncc(CNC2CCCC2)c1. The van der Waals surface area contributed by atoms with E-state index in [2.05, 4.69) is 16.4 Å². The molecule has 2 nitrogen and oxygen atoms in total. The minimum absolute atomic E-state index is 0. The monoisotopic (exact) mass is 211 g/mol. The first-order valence-corrected chi connectivity index (χ1v) is 5.07. The molecular weight excluding hydrogens is 196 g/mol. The van der Waals surface area contributed by atoms with Crippen molar-refractivity contribution in [2.75, 3.05) is 0 Å². The van der Waals surface area contributed by atoms with Crippen LogP contribution in [-0.4, -0.2) is 11.0 Å². The minimum Gasteiger partial charge on any atom is -1.00 e. The van der Waals surface area contributed by atoms with E-state index in [0.29, 0.717) is 0 Å². The first kappa shape index (κ1) is 11.5. The highest BCUT2D eigenvalue weighted by Crippen LogP contribution is 2.17. The molecule has 78 valence electrons. The van der Waals surface area contributed by atoms with Crippen LogP contribution in [0.15, 0.2) is 24.5 Å². The predicted octanol–water partition coefficient (Wildman–Crippen LogP) is -0.882. The summed E-state index contributed by atoms with van der Waals surface area (Å²) >= 11 is 0. The van der Waals surface area contributed by atoms with Crippen LogP contribution in [0, 0.1) is 0 Å². The van der Waals surface area contributed by atoms with E-state index in [1.165, 1.54) is 31.2 Å². The maximum Gasteiger partial charge on any atom is 0.0312 e. The molecule has 1 heterocycles. The van der Waals surface area contributed by atoms with Crippen LogP contribution < -0.4 is 17.7 Å². The van der Waals surface area contributed by atoms with Gasteiger partial charge in [0.05, 0.1) is 0 Å². The highest BCUT2D eigenvalue weighted by Gasteiger charge is 2.13. The number of hydrogen-bond donors (Lipinski definition) is 1. The minimum atomic E-state index is 0. The number of hydrogen-bond acceptors (Lipinski definition) is 2. The Morgan fingerprint density at radius 3 is 2.79 bits per heavy atom.